The molecule has 6 rings (SSSR count). The van der Waals surface area contributed by atoms with Gasteiger partial charge in [-0.1, -0.05) is 47.5 Å². The Bertz CT molecular complexity index is 1760. The first kappa shape index (κ1) is 31.2. The van der Waals surface area contributed by atoms with Crippen LogP contribution < -0.4 is 10.1 Å². The van der Waals surface area contributed by atoms with Crippen molar-refractivity contribution in [2.24, 2.45) is 0 Å². The molecule has 3 aromatic carbocycles. The number of carbonyl (C=O) groups excluding carboxylic acids is 1. The van der Waals surface area contributed by atoms with Crippen molar-refractivity contribution in [3.63, 3.8) is 0 Å². The predicted octanol–water partition coefficient (Wildman–Crippen LogP) is 5.76. The predicted molar refractivity (Wildman–Crippen MR) is 165 cm³/mol. The third kappa shape index (κ3) is 5.56. The number of allylic oxidation sites excluding steroid dienone is 1. The van der Waals surface area contributed by atoms with Crippen molar-refractivity contribution in [1.82, 2.24) is 14.2 Å². The Morgan fingerprint density at radius 3 is 2.37 bits per heavy atom. The zero-order chi connectivity index (χ0) is 27.3. The largest absolute Gasteiger partial charge is 0.507 e. The molecule has 0 atom stereocenters. The van der Waals surface area contributed by atoms with Crippen LogP contribution in [0.4, 0.5) is 0 Å². The van der Waals surface area contributed by atoms with E-state index in [2.05, 4.69) is 10.2 Å². The fraction of sp³-hybridized carbons (Fsp3) is 0.179. The maximum Gasteiger partial charge on any atom is 0.271 e. The molecular weight excluding hydrogens is 632 g/mol. The number of piperazine rings is 1. The van der Waals surface area contributed by atoms with E-state index in [0.717, 1.165) is 30.2 Å². The summed E-state index contributed by atoms with van der Waals surface area (Å²) in [5, 5.41) is 14.5. The molecule has 0 aliphatic carbocycles. The summed E-state index contributed by atoms with van der Waals surface area (Å²) in [7, 11) is -4.18. The molecule has 8 nitrogen and oxygen atoms in total. The summed E-state index contributed by atoms with van der Waals surface area (Å²) >= 11 is 12.5. The van der Waals surface area contributed by atoms with Crippen LogP contribution in [0, 0.1) is 0 Å². The molecule has 3 heterocycles. The number of ketones is 1. The van der Waals surface area contributed by atoms with Gasteiger partial charge in [-0.15, -0.1) is 24.8 Å². The Labute approximate surface area is 259 Å². The van der Waals surface area contributed by atoms with Crippen LogP contribution in [0.15, 0.2) is 71.4 Å². The van der Waals surface area contributed by atoms with Gasteiger partial charge in [-0.25, -0.2) is 12.4 Å². The number of nitrogens with zero attached hydrogens (tertiary/aromatic N) is 2. The van der Waals surface area contributed by atoms with Gasteiger partial charge in [0, 0.05) is 49.9 Å². The summed E-state index contributed by atoms with van der Waals surface area (Å²) in [6.07, 6.45) is 2.95. The summed E-state index contributed by atoms with van der Waals surface area (Å²) in [6, 6.07) is 14.5. The highest BCUT2D eigenvalue weighted by molar-refractivity contribution is 7.90. The third-order valence-corrected chi connectivity index (χ3v) is 9.57. The Morgan fingerprint density at radius 1 is 0.976 bits per heavy atom. The molecule has 0 bridgehead atoms. The molecule has 2 aliphatic heterocycles. The van der Waals surface area contributed by atoms with Gasteiger partial charge in [0.1, 0.15) is 16.4 Å². The topological polar surface area (TPSA) is 101 Å². The number of para-hydroxylation sites is 1. The van der Waals surface area contributed by atoms with Crippen molar-refractivity contribution in [1.29, 1.82) is 0 Å². The number of hydrogen-bond donors (Lipinski definition) is 2. The number of nitrogens with one attached hydrogen (secondary N) is 1. The minimum atomic E-state index is -4.18. The molecule has 216 valence electrons. The zero-order valence-corrected chi connectivity index (χ0v) is 25.3. The van der Waals surface area contributed by atoms with Crippen LogP contribution >= 0.6 is 48.0 Å². The summed E-state index contributed by atoms with van der Waals surface area (Å²) in [5.41, 5.74) is 1.75. The number of Topliss-reactive ketones (excluding diaryl/α,β-unsaturated/α-hetero) is 1. The number of carbonyl (C=O) groups is 1. The number of phenols is 1. The van der Waals surface area contributed by atoms with Gasteiger partial charge in [-0.3, -0.25) is 9.69 Å². The SMILES string of the molecule is Cl.Cl.O=C1/C(=C/c2cn(S(=O)(=O)c3c(Cl)cccc3Cl)c3ccccc23)Oc2c1ccc(O)c2CN1CCNCC1. The molecule has 4 aromatic rings. The fourth-order valence-corrected chi connectivity index (χ4v) is 7.48. The zero-order valence-electron chi connectivity index (χ0n) is 21.3. The monoisotopic (exact) mass is 655 g/mol. The van der Waals surface area contributed by atoms with Crippen LogP contribution in [-0.4, -0.2) is 54.4 Å². The number of ether oxygens (including phenoxy) is 1. The number of fused-ring (bicyclic) bond motifs is 2. The molecule has 0 saturated carbocycles. The summed E-state index contributed by atoms with van der Waals surface area (Å²) in [5.74, 6) is 0.0678. The third-order valence-electron chi connectivity index (χ3n) is 6.94. The lowest BCUT2D eigenvalue weighted by molar-refractivity contribution is 0.101. The first-order valence-electron chi connectivity index (χ1n) is 12.3. The average molecular weight is 657 g/mol. The van der Waals surface area contributed by atoms with Gasteiger partial charge in [0.05, 0.1) is 26.7 Å². The molecule has 1 saturated heterocycles. The number of aromatic hydroxyl groups is 1. The Morgan fingerprint density at radius 2 is 1.66 bits per heavy atom. The number of hydrogen-bond acceptors (Lipinski definition) is 7. The van der Waals surface area contributed by atoms with Crippen molar-refractivity contribution in [2.45, 2.75) is 11.4 Å². The van der Waals surface area contributed by atoms with Crippen molar-refractivity contribution in [3.05, 3.63) is 93.3 Å². The lowest BCUT2D eigenvalue weighted by Gasteiger charge is -2.27. The van der Waals surface area contributed by atoms with Gasteiger partial charge >= 0.3 is 0 Å². The lowest BCUT2D eigenvalue weighted by Crippen LogP contribution is -2.42. The molecule has 41 heavy (non-hydrogen) atoms. The standard InChI is InChI=1S/C28H23Cl2N3O5S.2ClH/c29-21-5-3-6-22(30)28(21)39(36,37)33-15-17(18-4-1-2-7-23(18)33)14-25-26(35)19-8-9-24(34)20(27(19)38-25)16-32-12-10-31-11-13-32;;/h1-9,14-15,31,34H,10-13,16H2;2*1H/b25-14-;;. The summed E-state index contributed by atoms with van der Waals surface area (Å²) < 4.78 is 34.5. The average Bonchev–Trinajstić information content (AvgIpc) is 3.45. The van der Waals surface area contributed by atoms with E-state index in [1.807, 2.05) is 0 Å². The smallest absolute Gasteiger partial charge is 0.271 e. The Kier molecular flexibility index (Phi) is 9.30. The second-order valence-corrected chi connectivity index (χ2v) is 11.9. The van der Waals surface area contributed by atoms with Crippen molar-refractivity contribution < 1.29 is 23.1 Å². The van der Waals surface area contributed by atoms with E-state index in [0.29, 0.717) is 39.9 Å². The fourth-order valence-electron chi connectivity index (χ4n) is 5.00. The Hall–Kier alpha value is -2.76. The first-order valence-corrected chi connectivity index (χ1v) is 14.5. The lowest BCUT2D eigenvalue weighted by atomic mass is 10.0. The van der Waals surface area contributed by atoms with Crippen LogP contribution in [0.1, 0.15) is 21.5 Å². The molecule has 0 radical (unpaired) electrons. The van der Waals surface area contributed by atoms with Crippen LogP contribution in [0.3, 0.4) is 0 Å². The van der Waals surface area contributed by atoms with Gasteiger partial charge < -0.3 is 15.2 Å². The van der Waals surface area contributed by atoms with Gasteiger partial charge in [-0.2, -0.15) is 0 Å². The minimum absolute atomic E-state index is 0. The van der Waals surface area contributed by atoms with Crippen LogP contribution in [0.2, 0.25) is 10.0 Å². The maximum absolute atomic E-state index is 13.7. The molecule has 1 aromatic heterocycles. The van der Waals surface area contributed by atoms with E-state index in [4.69, 9.17) is 27.9 Å². The highest BCUT2D eigenvalue weighted by Crippen LogP contribution is 2.41. The summed E-state index contributed by atoms with van der Waals surface area (Å²) in [6.45, 7) is 3.74. The van der Waals surface area contributed by atoms with Crippen molar-refractivity contribution >= 4 is 80.8 Å². The van der Waals surface area contributed by atoms with E-state index in [9.17, 15) is 18.3 Å². The highest BCUT2D eigenvalue weighted by Gasteiger charge is 2.33. The molecule has 0 spiro atoms. The van der Waals surface area contributed by atoms with Crippen LogP contribution in [-0.2, 0) is 16.6 Å². The first-order chi connectivity index (χ1) is 18.8. The number of phenolic OH excluding ortho intramolecular Hbond substituents is 1. The second kappa shape index (κ2) is 12.2. The normalized spacial score (nSPS) is 16.2. The van der Waals surface area contributed by atoms with Gasteiger partial charge in [0.25, 0.3) is 10.0 Å². The van der Waals surface area contributed by atoms with E-state index >= 15 is 0 Å². The van der Waals surface area contributed by atoms with Crippen LogP contribution in [0.5, 0.6) is 11.5 Å². The van der Waals surface area contributed by atoms with Gasteiger partial charge in [-0.05, 0) is 36.4 Å². The maximum atomic E-state index is 13.7. The number of benzene rings is 3. The quantitative estimate of drug-likeness (QED) is 0.264. The summed E-state index contributed by atoms with van der Waals surface area (Å²) in [4.78, 5) is 15.3. The number of aromatic nitrogens is 1. The van der Waals surface area contributed by atoms with Gasteiger partial charge in [0.15, 0.2) is 5.76 Å². The van der Waals surface area contributed by atoms with Gasteiger partial charge in [0.2, 0.25) is 5.78 Å². The van der Waals surface area contributed by atoms with E-state index < -0.39 is 10.0 Å². The molecule has 1 fully saturated rings. The minimum Gasteiger partial charge on any atom is -0.507 e. The number of rotatable bonds is 5. The van der Waals surface area contributed by atoms with Crippen molar-refractivity contribution in [2.75, 3.05) is 26.2 Å². The van der Waals surface area contributed by atoms with Crippen LogP contribution in [0.25, 0.3) is 17.0 Å². The van der Waals surface area contributed by atoms with E-state index in [-0.39, 0.29) is 57.0 Å². The molecule has 0 amide bonds. The Balaban J connectivity index is 0.00000194. The molecule has 13 heteroatoms. The molecular formula is C28H25Cl4N3O5S. The number of halogens is 4. The molecule has 0 unspecified atom stereocenters. The van der Waals surface area contributed by atoms with E-state index in [1.54, 1.807) is 36.4 Å². The molecule has 2 N–H and O–H groups in total. The second-order valence-electron chi connectivity index (χ2n) is 9.36. The van der Waals surface area contributed by atoms with Crippen molar-refractivity contribution in [3.8, 4) is 11.5 Å². The highest BCUT2D eigenvalue weighted by atomic mass is 35.5. The van der Waals surface area contributed by atoms with E-state index in [1.165, 1.54) is 30.5 Å². The molecule has 2 aliphatic rings.